The summed E-state index contributed by atoms with van der Waals surface area (Å²) in [6.45, 7) is 0. The second-order valence-electron chi connectivity index (χ2n) is 0.447. The topological polar surface area (TPSA) is 86.2 Å². The maximum absolute atomic E-state index is 8.55. The standard InChI is InChI=1S/Cr.H3O4P.Zn/c;1-5(2,3)4;/h;(H3,1,2,3,4);/q+3;;+2/p-3. The maximum Gasteiger partial charge on any atom is 3.00 e. The van der Waals surface area contributed by atoms with Gasteiger partial charge in [-0.3, -0.25) is 0 Å². The van der Waals surface area contributed by atoms with E-state index in [1.165, 1.54) is 0 Å². The predicted molar refractivity (Wildman–Crippen MR) is 7.61 cm³/mol. The SMILES string of the molecule is O=P([O-])([O-])[O-].[Cr+3].[Zn+2]. The van der Waals surface area contributed by atoms with Gasteiger partial charge in [-0.25, -0.2) is 0 Å². The third-order valence-electron chi connectivity index (χ3n) is 0. The molecule has 0 unspecified atom stereocenters. The van der Waals surface area contributed by atoms with Crippen molar-refractivity contribution in [1.82, 2.24) is 0 Å². The van der Waals surface area contributed by atoms with Crippen LogP contribution in [0.4, 0.5) is 0 Å². The normalized spacial score (nSPS) is 8.43. The van der Waals surface area contributed by atoms with Gasteiger partial charge in [0, 0.05) is 0 Å². The Labute approximate surface area is 64.1 Å². The van der Waals surface area contributed by atoms with Crippen LogP contribution in [0.15, 0.2) is 0 Å². The molecule has 0 spiro atoms. The quantitative estimate of drug-likeness (QED) is 0.320. The van der Waals surface area contributed by atoms with Crippen LogP contribution in [0.2, 0.25) is 0 Å². The molecule has 0 amide bonds. The molecule has 0 heterocycles. The molecular formula is CrO4PZn+2. The summed E-state index contributed by atoms with van der Waals surface area (Å²) in [6.07, 6.45) is 0. The minimum atomic E-state index is -5.39. The average Bonchev–Trinajstić information content (AvgIpc) is 0.722. The molecule has 7 heavy (non-hydrogen) atoms. The number of hydrogen-bond acceptors (Lipinski definition) is 4. The van der Waals surface area contributed by atoms with Crippen LogP contribution >= 0.6 is 7.82 Å². The minimum Gasteiger partial charge on any atom is -0.822 e. The average molecular weight is 212 g/mol. The molecule has 7 heteroatoms. The van der Waals surface area contributed by atoms with Crippen molar-refractivity contribution in [2.24, 2.45) is 0 Å². The van der Waals surface area contributed by atoms with Crippen LogP contribution < -0.4 is 14.7 Å². The summed E-state index contributed by atoms with van der Waals surface area (Å²) in [6, 6.07) is 0. The Hall–Kier alpha value is 1.27. The van der Waals surface area contributed by atoms with Gasteiger partial charge in [0.1, 0.15) is 0 Å². The maximum atomic E-state index is 8.55. The first kappa shape index (κ1) is 15.7. The fourth-order valence-electron chi connectivity index (χ4n) is 0. The van der Waals surface area contributed by atoms with Gasteiger partial charge in [0.15, 0.2) is 0 Å². The first-order valence-electron chi connectivity index (χ1n) is 0.730. The van der Waals surface area contributed by atoms with Gasteiger partial charge >= 0.3 is 36.8 Å². The van der Waals surface area contributed by atoms with Gasteiger partial charge in [-0.1, -0.05) is 0 Å². The molecule has 0 fully saturated rings. The molecule has 4 nitrogen and oxygen atoms in total. The molecule has 0 aromatic rings. The van der Waals surface area contributed by atoms with E-state index in [4.69, 9.17) is 19.2 Å². The van der Waals surface area contributed by atoms with Crippen LogP contribution in [0.5, 0.6) is 0 Å². The Morgan fingerprint density at radius 3 is 1.14 bits per heavy atom. The van der Waals surface area contributed by atoms with Crippen molar-refractivity contribution in [3.63, 3.8) is 0 Å². The van der Waals surface area contributed by atoms with Crippen molar-refractivity contribution in [1.29, 1.82) is 0 Å². The van der Waals surface area contributed by atoms with Crippen LogP contribution in [0.25, 0.3) is 0 Å². The van der Waals surface area contributed by atoms with Crippen LogP contribution in [0, 0.1) is 0 Å². The molecule has 0 saturated heterocycles. The number of hydrogen-bond donors (Lipinski definition) is 0. The molecule has 0 rings (SSSR count). The van der Waals surface area contributed by atoms with E-state index in [-0.39, 0.29) is 36.8 Å². The zero-order chi connectivity index (χ0) is 4.50. The van der Waals surface area contributed by atoms with Crippen LogP contribution in [-0.4, -0.2) is 0 Å². The molecule has 0 aromatic carbocycles. The van der Waals surface area contributed by atoms with E-state index in [1.54, 1.807) is 0 Å². The van der Waals surface area contributed by atoms with Gasteiger partial charge in [0.2, 0.25) is 0 Å². The smallest absolute Gasteiger partial charge is 0.822 e. The summed E-state index contributed by atoms with van der Waals surface area (Å²) in [4.78, 5) is 25.6. The summed E-state index contributed by atoms with van der Waals surface area (Å²) in [5.41, 5.74) is 0. The van der Waals surface area contributed by atoms with Crippen LogP contribution in [0.3, 0.4) is 0 Å². The molecular weight excluding hydrogens is 212 g/mol. The Balaban J connectivity index is -0.0000000800. The molecule has 0 N–H and O–H groups in total. The van der Waals surface area contributed by atoms with E-state index >= 15 is 0 Å². The van der Waals surface area contributed by atoms with Gasteiger partial charge in [0.05, 0.1) is 0 Å². The summed E-state index contributed by atoms with van der Waals surface area (Å²) in [5.74, 6) is 0. The van der Waals surface area contributed by atoms with Crippen LogP contribution in [0.1, 0.15) is 0 Å². The van der Waals surface area contributed by atoms with Gasteiger partial charge in [0.25, 0.3) is 0 Å². The van der Waals surface area contributed by atoms with E-state index in [1.807, 2.05) is 0 Å². The second kappa shape index (κ2) is 5.40. The molecule has 0 aromatic heterocycles. The monoisotopic (exact) mass is 211 g/mol. The zero-order valence-electron chi connectivity index (χ0n) is 3.20. The Kier molecular flexibility index (Phi) is 12.1. The summed E-state index contributed by atoms with van der Waals surface area (Å²) in [7, 11) is -5.39. The zero-order valence-corrected chi connectivity index (χ0v) is 8.33. The van der Waals surface area contributed by atoms with Gasteiger partial charge < -0.3 is 19.2 Å². The molecule has 0 saturated carbocycles. The number of rotatable bonds is 0. The Morgan fingerprint density at radius 2 is 1.14 bits per heavy atom. The first-order chi connectivity index (χ1) is 2.00. The Morgan fingerprint density at radius 1 is 1.14 bits per heavy atom. The predicted octanol–water partition coefficient (Wildman–Crippen LogP) is -2.83. The molecule has 0 aliphatic rings. The minimum absolute atomic E-state index is 0. The van der Waals surface area contributed by atoms with E-state index in [0.717, 1.165) is 0 Å². The second-order valence-corrected chi connectivity index (χ2v) is 1.34. The third kappa shape index (κ3) is 126. The van der Waals surface area contributed by atoms with Gasteiger partial charge in [-0.05, 0) is 0 Å². The van der Waals surface area contributed by atoms with Crippen molar-refractivity contribution in [2.45, 2.75) is 0 Å². The van der Waals surface area contributed by atoms with Gasteiger partial charge in [-0.15, -0.1) is 0 Å². The fourth-order valence-corrected chi connectivity index (χ4v) is 0. The van der Waals surface area contributed by atoms with E-state index < -0.39 is 7.82 Å². The third-order valence-corrected chi connectivity index (χ3v) is 0. The van der Waals surface area contributed by atoms with Crippen LogP contribution in [-0.2, 0) is 41.4 Å². The van der Waals surface area contributed by atoms with Crippen molar-refractivity contribution < 1.29 is 56.1 Å². The van der Waals surface area contributed by atoms with E-state index in [9.17, 15) is 0 Å². The Bertz CT molecular complexity index is 57.8. The summed E-state index contributed by atoms with van der Waals surface area (Å²) < 4.78 is 8.55. The van der Waals surface area contributed by atoms with Crippen molar-refractivity contribution in [2.75, 3.05) is 0 Å². The molecule has 1 radical (unpaired) electrons. The van der Waals surface area contributed by atoms with Crippen molar-refractivity contribution in [3.8, 4) is 0 Å². The molecule has 35 valence electrons. The summed E-state index contributed by atoms with van der Waals surface area (Å²) >= 11 is 0. The molecule has 0 aliphatic carbocycles. The summed E-state index contributed by atoms with van der Waals surface area (Å²) in [5, 5.41) is 0. The van der Waals surface area contributed by atoms with E-state index in [0.29, 0.717) is 0 Å². The molecule has 0 aliphatic heterocycles. The fraction of sp³-hybridized carbons (Fsp3) is 0. The van der Waals surface area contributed by atoms with Crippen molar-refractivity contribution >= 4 is 7.82 Å². The van der Waals surface area contributed by atoms with Gasteiger partial charge in [-0.2, -0.15) is 7.82 Å². The van der Waals surface area contributed by atoms with Crippen molar-refractivity contribution in [3.05, 3.63) is 0 Å². The largest absolute Gasteiger partial charge is 3.00 e. The van der Waals surface area contributed by atoms with E-state index in [2.05, 4.69) is 0 Å². The first-order valence-corrected chi connectivity index (χ1v) is 2.19. The number of phosphoric acid groups is 1. The molecule has 0 atom stereocenters. The molecule has 0 bridgehead atoms.